The molecular weight excluding hydrogens is 340 g/mol. The van der Waals surface area contributed by atoms with E-state index >= 15 is 0 Å². The van der Waals surface area contributed by atoms with Gasteiger partial charge in [-0.15, -0.1) is 11.6 Å². The van der Waals surface area contributed by atoms with Gasteiger partial charge in [0.25, 0.3) is 0 Å². The Labute approximate surface area is 163 Å². The Morgan fingerprint density at radius 3 is 2.19 bits per heavy atom. The molecule has 1 unspecified atom stereocenters. The summed E-state index contributed by atoms with van der Waals surface area (Å²) >= 11 is 6.46. The highest BCUT2D eigenvalue weighted by Gasteiger charge is 2.41. The van der Waals surface area contributed by atoms with E-state index in [2.05, 4.69) is 73.5 Å². The largest absolute Gasteiger partial charge is 0.299 e. The molecule has 2 aromatic carbocycles. The molecule has 0 aromatic heterocycles. The van der Waals surface area contributed by atoms with Crippen molar-refractivity contribution in [1.29, 1.82) is 5.26 Å². The number of nitriles is 1. The lowest BCUT2D eigenvalue weighted by Crippen LogP contribution is -2.29. The summed E-state index contributed by atoms with van der Waals surface area (Å²) in [7, 11) is 2.21. The highest BCUT2D eigenvalue weighted by Crippen LogP contribution is 2.51. The second kappa shape index (κ2) is 9.76. The topological polar surface area (TPSA) is 27.0 Å². The first-order chi connectivity index (χ1) is 12.5. The molecule has 1 aliphatic rings. The average Bonchev–Trinajstić information content (AvgIpc) is 3.40. The van der Waals surface area contributed by atoms with Gasteiger partial charge in [-0.1, -0.05) is 54.6 Å². The Balaban J connectivity index is 0.000000758. The van der Waals surface area contributed by atoms with E-state index in [-0.39, 0.29) is 4.87 Å². The molecule has 0 spiro atoms. The van der Waals surface area contributed by atoms with E-state index in [0.29, 0.717) is 6.04 Å². The first kappa shape index (κ1) is 20.5. The summed E-state index contributed by atoms with van der Waals surface area (Å²) in [6.07, 6.45) is 4.54. The first-order valence-electron chi connectivity index (χ1n) is 9.32. The van der Waals surface area contributed by atoms with Gasteiger partial charge < -0.3 is 0 Å². The fourth-order valence-corrected chi connectivity index (χ4v) is 3.21. The van der Waals surface area contributed by atoms with Crippen LogP contribution in [0.4, 0.5) is 0 Å². The number of hydrogen-bond donors (Lipinski definition) is 0. The second-order valence-corrected chi connectivity index (χ2v) is 7.90. The fraction of sp³-hybridized carbons (Fsp3) is 0.435. The zero-order chi connectivity index (χ0) is 19.0. The molecule has 26 heavy (non-hydrogen) atoms. The van der Waals surface area contributed by atoms with Crippen LogP contribution < -0.4 is 0 Å². The highest BCUT2D eigenvalue weighted by molar-refractivity contribution is 6.25. The summed E-state index contributed by atoms with van der Waals surface area (Å²) < 4.78 is 0. The van der Waals surface area contributed by atoms with Gasteiger partial charge in [-0.2, -0.15) is 5.26 Å². The number of rotatable bonds is 7. The molecule has 0 N–H and O–H groups in total. The van der Waals surface area contributed by atoms with Crippen molar-refractivity contribution in [1.82, 2.24) is 4.90 Å². The van der Waals surface area contributed by atoms with Crippen molar-refractivity contribution in [3.63, 3.8) is 0 Å². The summed E-state index contributed by atoms with van der Waals surface area (Å²) in [5.41, 5.74) is 4.08. The number of alkyl halides is 1. The number of aryl methyl sites for hydroxylation is 1. The summed E-state index contributed by atoms with van der Waals surface area (Å²) in [6.45, 7) is 4.75. The molecule has 1 fully saturated rings. The van der Waals surface area contributed by atoms with E-state index in [1.54, 1.807) is 6.07 Å². The van der Waals surface area contributed by atoms with Crippen molar-refractivity contribution >= 4 is 11.6 Å². The molecule has 138 valence electrons. The molecule has 2 aromatic rings. The summed E-state index contributed by atoms with van der Waals surface area (Å²) in [4.78, 5) is 2.39. The molecule has 1 atom stereocenters. The van der Waals surface area contributed by atoms with Gasteiger partial charge in [-0.3, -0.25) is 4.90 Å². The molecule has 3 rings (SSSR count). The molecule has 0 saturated heterocycles. The Kier molecular flexibility index (Phi) is 7.69. The van der Waals surface area contributed by atoms with Gasteiger partial charge in [0.1, 0.15) is 0 Å². The van der Waals surface area contributed by atoms with Gasteiger partial charge in [0, 0.05) is 19.5 Å². The molecule has 3 heteroatoms. The molecule has 0 bridgehead atoms. The molecule has 1 saturated carbocycles. The van der Waals surface area contributed by atoms with Gasteiger partial charge >= 0.3 is 0 Å². The van der Waals surface area contributed by atoms with Crippen LogP contribution in [-0.4, -0.2) is 18.0 Å². The molecule has 2 nitrogen and oxygen atoms in total. The SMILES string of the molecule is CC#N.CC(CCc1ccc(C2(Cl)CC2)cc1)N(C)Cc1ccccc1. The lowest BCUT2D eigenvalue weighted by molar-refractivity contribution is 0.238. The molecule has 0 amide bonds. The van der Waals surface area contributed by atoms with Crippen molar-refractivity contribution in [2.75, 3.05) is 7.05 Å². The van der Waals surface area contributed by atoms with Gasteiger partial charge in [0.2, 0.25) is 0 Å². The van der Waals surface area contributed by atoms with Crippen LogP contribution in [-0.2, 0) is 17.8 Å². The summed E-state index contributed by atoms with van der Waals surface area (Å²) in [5, 5.41) is 7.32. The normalized spacial score (nSPS) is 15.5. The van der Waals surface area contributed by atoms with Gasteiger partial charge in [-0.25, -0.2) is 0 Å². The van der Waals surface area contributed by atoms with Crippen LogP contribution in [0, 0.1) is 11.3 Å². The predicted octanol–water partition coefficient (Wildman–Crippen LogP) is 5.90. The van der Waals surface area contributed by atoms with E-state index in [1.165, 1.54) is 30.0 Å². The van der Waals surface area contributed by atoms with E-state index < -0.39 is 0 Å². The van der Waals surface area contributed by atoms with Gasteiger partial charge in [-0.05, 0) is 56.3 Å². The highest BCUT2D eigenvalue weighted by atomic mass is 35.5. The zero-order valence-electron chi connectivity index (χ0n) is 16.1. The number of hydrogen-bond acceptors (Lipinski definition) is 2. The summed E-state index contributed by atoms with van der Waals surface area (Å²) in [6, 6.07) is 21.9. The van der Waals surface area contributed by atoms with Crippen LogP contribution in [0.15, 0.2) is 54.6 Å². The Hall–Kier alpha value is -1.82. The van der Waals surface area contributed by atoms with Crippen molar-refractivity contribution in [2.24, 2.45) is 0 Å². The Morgan fingerprint density at radius 2 is 1.65 bits per heavy atom. The van der Waals surface area contributed by atoms with Crippen LogP contribution in [0.25, 0.3) is 0 Å². The van der Waals surface area contributed by atoms with Crippen molar-refractivity contribution in [3.05, 3.63) is 71.3 Å². The van der Waals surface area contributed by atoms with Crippen LogP contribution >= 0.6 is 11.6 Å². The summed E-state index contributed by atoms with van der Waals surface area (Å²) in [5.74, 6) is 0. The minimum atomic E-state index is -0.0400. The third-order valence-electron chi connectivity index (χ3n) is 5.04. The van der Waals surface area contributed by atoms with Crippen LogP contribution in [0.3, 0.4) is 0 Å². The van der Waals surface area contributed by atoms with E-state index in [9.17, 15) is 0 Å². The maximum Gasteiger partial charge on any atom is 0.0696 e. The molecule has 1 aliphatic carbocycles. The maximum absolute atomic E-state index is 7.32. The van der Waals surface area contributed by atoms with Crippen LogP contribution in [0.5, 0.6) is 0 Å². The minimum absolute atomic E-state index is 0.0400. The second-order valence-electron chi connectivity index (χ2n) is 7.17. The zero-order valence-corrected chi connectivity index (χ0v) is 16.8. The monoisotopic (exact) mass is 368 g/mol. The third kappa shape index (κ3) is 6.16. The smallest absolute Gasteiger partial charge is 0.0696 e. The third-order valence-corrected chi connectivity index (χ3v) is 5.63. The van der Waals surface area contributed by atoms with Gasteiger partial charge in [0.15, 0.2) is 0 Å². The number of benzene rings is 2. The first-order valence-corrected chi connectivity index (χ1v) is 9.69. The molecule has 0 heterocycles. The quantitative estimate of drug-likeness (QED) is 0.569. The lowest BCUT2D eigenvalue weighted by atomic mass is 10.0. The number of nitrogens with zero attached hydrogens (tertiary/aromatic N) is 2. The lowest BCUT2D eigenvalue weighted by Gasteiger charge is -2.25. The van der Waals surface area contributed by atoms with Crippen molar-refractivity contribution < 1.29 is 0 Å². The van der Waals surface area contributed by atoms with Crippen LogP contribution in [0.2, 0.25) is 0 Å². The maximum atomic E-state index is 7.32. The molecule has 0 radical (unpaired) electrons. The predicted molar refractivity (Wildman–Crippen MR) is 110 cm³/mol. The van der Waals surface area contributed by atoms with Crippen molar-refractivity contribution in [2.45, 2.75) is 57.0 Å². The molecule has 0 aliphatic heterocycles. The Bertz CT molecular complexity index is 699. The fourth-order valence-electron chi connectivity index (χ4n) is 2.99. The van der Waals surface area contributed by atoms with Crippen molar-refractivity contribution in [3.8, 4) is 6.07 Å². The average molecular weight is 369 g/mol. The minimum Gasteiger partial charge on any atom is -0.299 e. The molecular formula is C23H29ClN2. The standard InChI is InChI=1S/C21H26ClN.C2H3N/c1-17(23(2)16-19-6-4-3-5-7-19)8-9-18-10-12-20(13-11-18)21(22)14-15-21;1-2-3/h3-7,10-13,17H,8-9,14-16H2,1-2H3;1H3. The number of halogens is 1. The van der Waals surface area contributed by atoms with Gasteiger partial charge in [0.05, 0.1) is 10.9 Å². The van der Waals surface area contributed by atoms with E-state index in [0.717, 1.165) is 25.8 Å². The van der Waals surface area contributed by atoms with Crippen LogP contribution in [0.1, 0.15) is 49.8 Å². The van der Waals surface area contributed by atoms with E-state index in [1.807, 2.05) is 0 Å². The van der Waals surface area contributed by atoms with E-state index in [4.69, 9.17) is 16.9 Å². The Morgan fingerprint density at radius 1 is 1.08 bits per heavy atom.